The summed E-state index contributed by atoms with van der Waals surface area (Å²) in [6, 6.07) is 6.29. The predicted molar refractivity (Wildman–Crippen MR) is 73.3 cm³/mol. The highest BCUT2D eigenvalue weighted by molar-refractivity contribution is 6.32. The fraction of sp³-hybridized carbons (Fsp3) is 0.571. The SMILES string of the molecule is CNC(CC1CCOC1)c1ccc(Cl)c(OC)c1. The van der Waals surface area contributed by atoms with Crippen molar-refractivity contribution >= 4 is 11.6 Å². The topological polar surface area (TPSA) is 30.5 Å². The molecule has 4 heteroatoms. The first-order chi connectivity index (χ1) is 8.74. The van der Waals surface area contributed by atoms with Crippen LogP contribution in [0.15, 0.2) is 18.2 Å². The summed E-state index contributed by atoms with van der Waals surface area (Å²) >= 11 is 6.05. The lowest BCUT2D eigenvalue weighted by atomic mass is 9.94. The maximum Gasteiger partial charge on any atom is 0.137 e. The van der Waals surface area contributed by atoms with Gasteiger partial charge in [-0.15, -0.1) is 0 Å². The minimum absolute atomic E-state index is 0.322. The van der Waals surface area contributed by atoms with Gasteiger partial charge in [0.2, 0.25) is 0 Å². The van der Waals surface area contributed by atoms with Crippen molar-refractivity contribution in [2.24, 2.45) is 5.92 Å². The van der Waals surface area contributed by atoms with E-state index >= 15 is 0 Å². The molecule has 0 aliphatic carbocycles. The van der Waals surface area contributed by atoms with Crippen molar-refractivity contribution in [3.63, 3.8) is 0 Å². The summed E-state index contributed by atoms with van der Waals surface area (Å²) in [7, 11) is 3.63. The van der Waals surface area contributed by atoms with Gasteiger partial charge in [-0.25, -0.2) is 0 Å². The normalized spacial score (nSPS) is 20.9. The van der Waals surface area contributed by atoms with Crippen LogP contribution in [0.3, 0.4) is 0 Å². The van der Waals surface area contributed by atoms with Crippen LogP contribution in [0.5, 0.6) is 5.75 Å². The van der Waals surface area contributed by atoms with Crippen LogP contribution in [0.2, 0.25) is 5.02 Å². The highest BCUT2D eigenvalue weighted by atomic mass is 35.5. The third-order valence-electron chi connectivity index (χ3n) is 3.52. The third-order valence-corrected chi connectivity index (χ3v) is 3.83. The molecule has 2 rings (SSSR count). The molecule has 0 radical (unpaired) electrons. The number of hydrogen-bond acceptors (Lipinski definition) is 3. The van der Waals surface area contributed by atoms with Crippen LogP contribution >= 0.6 is 11.6 Å². The van der Waals surface area contributed by atoms with Gasteiger partial charge in [-0.1, -0.05) is 17.7 Å². The molecular formula is C14H20ClNO2. The van der Waals surface area contributed by atoms with Gasteiger partial charge in [-0.2, -0.15) is 0 Å². The molecule has 0 spiro atoms. The number of nitrogens with one attached hydrogen (secondary N) is 1. The Hall–Kier alpha value is -0.770. The Morgan fingerprint density at radius 3 is 3.00 bits per heavy atom. The Bertz CT molecular complexity index is 391. The van der Waals surface area contributed by atoms with Gasteiger partial charge in [0.05, 0.1) is 12.1 Å². The second-order valence-electron chi connectivity index (χ2n) is 4.70. The zero-order chi connectivity index (χ0) is 13.0. The lowest BCUT2D eigenvalue weighted by molar-refractivity contribution is 0.181. The number of halogens is 1. The largest absolute Gasteiger partial charge is 0.495 e. The van der Waals surface area contributed by atoms with Crippen LogP contribution in [0.4, 0.5) is 0 Å². The van der Waals surface area contributed by atoms with Gasteiger partial charge in [0.1, 0.15) is 5.75 Å². The van der Waals surface area contributed by atoms with E-state index in [-0.39, 0.29) is 0 Å². The monoisotopic (exact) mass is 269 g/mol. The minimum atomic E-state index is 0.322. The highest BCUT2D eigenvalue weighted by Crippen LogP contribution is 2.31. The lowest BCUT2D eigenvalue weighted by Gasteiger charge is -2.20. The smallest absolute Gasteiger partial charge is 0.137 e. The number of rotatable bonds is 5. The molecule has 2 atom stereocenters. The fourth-order valence-electron chi connectivity index (χ4n) is 2.42. The molecule has 0 saturated carbocycles. The van der Waals surface area contributed by atoms with E-state index in [4.69, 9.17) is 21.1 Å². The fourth-order valence-corrected chi connectivity index (χ4v) is 2.61. The van der Waals surface area contributed by atoms with E-state index in [1.165, 1.54) is 5.56 Å². The van der Waals surface area contributed by atoms with Crippen LogP contribution < -0.4 is 10.1 Å². The first-order valence-corrected chi connectivity index (χ1v) is 6.71. The minimum Gasteiger partial charge on any atom is -0.495 e. The Morgan fingerprint density at radius 1 is 1.56 bits per heavy atom. The summed E-state index contributed by atoms with van der Waals surface area (Å²) < 4.78 is 10.7. The standard InChI is InChI=1S/C14H20ClNO2/c1-16-13(7-10-5-6-18-9-10)11-3-4-12(15)14(8-11)17-2/h3-4,8,10,13,16H,5-7,9H2,1-2H3. The van der Waals surface area contributed by atoms with E-state index in [0.29, 0.717) is 17.0 Å². The van der Waals surface area contributed by atoms with E-state index in [1.807, 2.05) is 19.2 Å². The van der Waals surface area contributed by atoms with E-state index < -0.39 is 0 Å². The summed E-state index contributed by atoms with van der Waals surface area (Å²) in [4.78, 5) is 0. The molecule has 1 aromatic carbocycles. The molecule has 1 N–H and O–H groups in total. The zero-order valence-corrected chi connectivity index (χ0v) is 11.7. The van der Waals surface area contributed by atoms with Crippen molar-refractivity contribution in [3.05, 3.63) is 28.8 Å². The molecule has 0 amide bonds. The van der Waals surface area contributed by atoms with Crippen LogP contribution in [-0.4, -0.2) is 27.4 Å². The van der Waals surface area contributed by atoms with E-state index in [9.17, 15) is 0 Å². The molecule has 18 heavy (non-hydrogen) atoms. The summed E-state index contributed by atoms with van der Waals surface area (Å²) in [6.07, 6.45) is 2.24. The molecule has 1 aromatic rings. The van der Waals surface area contributed by atoms with Gasteiger partial charge >= 0.3 is 0 Å². The maximum absolute atomic E-state index is 6.05. The summed E-state index contributed by atoms with van der Waals surface area (Å²) in [5.74, 6) is 1.38. The number of methoxy groups -OCH3 is 1. The van der Waals surface area contributed by atoms with Gasteiger partial charge in [0.25, 0.3) is 0 Å². The quantitative estimate of drug-likeness (QED) is 0.891. The Balaban J connectivity index is 2.10. The van der Waals surface area contributed by atoms with E-state index in [1.54, 1.807) is 7.11 Å². The van der Waals surface area contributed by atoms with Crippen LogP contribution in [-0.2, 0) is 4.74 Å². The molecule has 1 aliphatic rings. The third kappa shape index (κ3) is 3.16. The highest BCUT2D eigenvalue weighted by Gasteiger charge is 2.21. The molecule has 1 fully saturated rings. The van der Waals surface area contributed by atoms with Crippen molar-refractivity contribution in [2.75, 3.05) is 27.4 Å². The molecule has 2 unspecified atom stereocenters. The summed E-state index contributed by atoms with van der Waals surface area (Å²) in [5, 5.41) is 4.01. The summed E-state index contributed by atoms with van der Waals surface area (Å²) in [5.41, 5.74) is 1.21. The lowest BCUT2D eigenvalue weighted by Crippen LogP contribution is -2.20. The van der Waals surface area contributed by atoms with Crippen molar-refractivity contribution < 1.29 is 9.47 Å². The zero-order valence-electron chi connectivity index (χ0n) is 10.9. The van der Waals surface area contributed by atoms with Gasteiger partial charge in [0, 0.05) is 19.3 Å². The number of benzene rings is 1. The summed E-state index contributed by atoms with van der Waals surface area (Å²) in [6.45, 7) is 1.77. The molecule has 0 aromatic heterocycles. The van der Waals surface area contributed by atoms with Gasteiger partial charge in [-0.05, 0) is 43.5 Å². The van der Waals surface area contributed by atoms with Crippen molar-refractivity contribution in [1.29, 1.82) is 0 Å². The van der Waals surface area contributed by atoms with Crippen molar-refractivity contribution in [3.8, 4) is 5.75 Å². The molecule has 1 aliphatic heterocycles. The second-order valence-corrected chi connectivity index (χ2v) is 5.11. The molecule has 0 bridgehead atoms. The Morgan fingerprint density at radius 2 is 2.39 bits per heavy atom. The Labute approximate surface area is 113 Å². The molecule has 1 heterocycles. The first kappa shape index (κ1) is 13.7. The Kier molecular flexibility index (Phi) is 4.87. The van der Waals surface area contributed by atoms with Crippen molar-refractivity contribution in [2.45, 2.75) is 18.9 Å². The molecule has 1 saturated heterocycles. The van der Waals surface area contributed by atoms with Crippen LogP contribution in [0, 0.1) is 5.92 Å². The second kappa shape index (κ2) is 6.41. The molecule has 100 valence electrons. The average molecular weight is 270 g/mol. The number of ether oxygens (including phenoxy) is 2. The average Bonchev–Trinajstić information content (AvgIpc) is 2.89. The van der Waals surface area contributed by atoms with E-state index in [2.05, 4.69) is 11.4 Å². The molecule has 3 nitrogen and oxygen atoms in total. The first-order valence-electron chi connectivity index (χ1n) is 6.33. The molecular weight excluding hydrogens is 250 g/mol. The maximum atomic E-state index is 6.05. The number of hydrogen-bond donors (Lipinski definition) is 1. The van der Waals surface area contributed by atoms with Crippen LogP contribution in [0.1, 0.15) is 24.4 Å². The van der Waals surface area contributed by atoms with Gasteiger partial charge in [0.15, 0.2) is 0 Å². The van der Waals surface area contributed by atoms with E-state index in [0.717, 1.165) is 31.8 Å². The van der Waals surface area contributed by atoms with Gasteiger partial charge < -0.3 is 14.8 Å². The van der Waals surface area contributed by atoms with Gasteiger partial charge in [-0.3, -0.25) is 0 Å². The van der Waals surface area contributed by atoms with Crippen molar-refractivity contribution in [1.82, 2.24) is 5.32 Å². The van der Waals surface area contributed by atoms with Crippen LogP contribution in [0.25, 0.3) is 0 Å². The predicted octanol–water partition coefficient (Wildman–Crippen LogP) is 3.04.